The van der Waals surface area contributed by atoms with Gasteiger partial charge in [0.15, 0.2) is 0 Å². The summed E-state index contributed by atoms with van der Waals surface area (Å²) in [5.41, 5.74) is 4.38. The molecular formula is C14H18O. The summed E-state index contributed by atoms with van der Waals surface area (Å²) in [6, 6.07) is 4.29. The molecule has 0 fully saturated rings. The minimum atomic E-state index is 0.687. The number of rotatable bonds is 3. The molecule has 0 N–H and O–H groups in total. The average molecular weight is 202 g/mol. The number of hydrogen-bond acceptors (Lipinski definition) is 1. The molecule has 0 heterocycles. The molecule has 0 aliphatic heterocycles. The maximum absolute atomic E-state index is 5.76. The van der Waals surface area contributed by atoms with Crippen molar-refractivity contribution < 1.29 is 4.74 Å². The van der Waals surface area contributed by atoms with E-state index in [9.17, 15) is 0 Å². The Kier molecular flexibility index (Phi) is 3.10. The molecule has 0 spiro atoms. The van der Waals surface area contributed by atoms with Crippen molar-refractivity contribution in [2.45, 2.75) is 33.1 Å². The van der Waals surface area contributed by atoms with E-state index in [2.05, 4.69) is 19.1 Å². The third kappa shape index (κ3) is 2.06. The minimum absolute atomic E-state index is 0.687. The van der Waals surface area contributed by atoms with Crippen LogP contribution in [-0.2, 0) is 12.8 Å². The van der Waals surface area contributed by atoms with Gasteiger partial charge in [0, 0.05) is 0 Å². The van der Waals surface area contributed by atoms with Crippen LogP contribution in [0.1, 0.15) is 30.0 Å². The van der Waals surface area contributed by atoms with E-state index in [1.54, 1.807) is 0 Å². The lowest BCUT2D eigenvalue weighted by molar-refractivity contribution is 0.359. The molecule has 1 aromatic rings. The summed E-state index contributed by atoms with van der Waals surface area (Å²) in [4.78, 5) is 0. The van der Waals surface area contributed by atoms with Gasteiger partial charge in [-0.2, -0.15) is 0 Å². The second-order valence-electron chi connectivity index (χ2n) is 4.07. The van der Waals surface area contributed by atoms with Gasteiger partial charge in [-0.05, 0) is 55.9 Å². The number of ether oxygens (including phenoxy) is 1. The fraction of sp³-hybridized carbons (Fsp3) is 0.429. The molecule has 0 saturated carbocycles. The fourth-order valence-electron chi connectivity index (χ4n) is 2.22. The van der Waals surface area contributed by atoms with Gasteiger partial charge < -0.3 is 4.74 Å². The molecule has 1 nitrogen and oxygen atoms in total. The van der Waals surface area contributed by atoms with Crippen LogP contribution in [-0.4, -0.2) is 6.61 Å². The highest BCUT2D eigenvalue weighted by molar-refractivity contribution is 5.47. The van der Waals surface area contributed by atoms with E-state index in [1.165, 1.54) is 36.0 Å². The van der Waals surface area contributed by atoms with Gasteiger partial charge in [0.05, 0.1) is 0 Å². The lowest BCUT2D eigenvalue weighted by Gasteiger charge is -2.11. The first-order valence-electron chi connectivity index (χ1n) is 5.68. The quantitative estimate of drug-likeness (QED) is 0.682. The summed E-state index contributed by atoms with van der Waals surface area (Å²) in [5, 5.41) is 0. The monoisotopic (exact) mass is 202 g/mol. The Labute approximate surface area is 91.8 Å². The van der Waals surface area contributed by atoms with Crippen LogP contribution < -0.4 is 4.74 Å². The topological polar surface area (TPSA) is 9.23 Å². The lowest BCUT2D eigenvalue weighted by atomic mass is 10.0. The number of hydrogen-bond donors (Lipinski definition) is 0. The van der Waals surface area contributed by atoms with Crippen LogP contribution in [0.4, 0.5) is 0 Å². The van der Waals surface area contributed by atoms with Gasteiger partial charge >= 0.3 is 0 Å². The Morgan fingerprint density at radius 2 is 2.07 bits per heavy atom. The molecule has 0 amide bonds. The van der Waals surface area contributed by atoms with Crippen LogP contribution in [0.3, 0.4) is 0 Å². The standard InChI is InChI=1S/C14H18O/c1-3-4-10-15-14-9-8-11(2)12-6-5-7-13(12)14/h3-4,8-9H,5-7,10H2,1-2H3/b4-3+. The minimum Gasteiger partial charge on any atom is -0.489 e. The second-order valence-corrected chi connectivity index (χ2v) is 4.07. The molecule has 15 heavy (non-hydrogen) atoms. The van der Waals surface area contributed by atoms with Gasteiger partial charge in [0.1, 0.15) is 12.4 Å². The number of benzene rings is 1. The predicted molar refractivity (Wildman–Crippen MR) is 63.5 cm³/mol. The molecule has 0 bridgehead atoms. The largest absolute Gasteiger partial charge is 0.489 e. The van der Waals surface area contributed by atoms with Gasteiger partial charge in [-0.1, -0.05) is 18.2 Å². The Morgan fingerprint density at radius 3 is 2.87 bits per heavy atom. The highest BCUT2D eigenvalue weighted by atomic mass is 16.5. The first-order valence-corrected chi connectivity index (χ1v) is 5.68. The molecule has 1 aliphatic rings. The fourth-order valence-corrected chi connectivity index (χ4v) is 2.22. The van der Waals surface area contributed by atoms with Crippen molar-refractivity contribution in [1.29, 1.82) is 0 Å². The molecule has 0 saturated heterocycles. The van der Waals surface area contributed by atoms with Crippen molar-refractivity contribution in [2.75, 3.05) is 6.61 Å². The van der Waals surface area contributed by atoms with Crippen LogP contribution in [0, 0.1) is 6.92 Å². The maximum atomic E-state index is 5.76. The van der Waals surface area contributed by atoms with Crippen molar-refractivity contribution in [1.82, 2.24) is 0 Å². The highest BCUT2D eigenvalue weighted by Gasteiger charge is 2.17. The van der Waals surface area contributed by atoms with Crippen molar-refractivity contribution in [3.63, 3.8) is 0 Å². The molecular weight excluding hydrogens is 184 g/mol. The first kappa shape index (κ1) is 10.3. The highest BCUT2D eigenvalue weighted by Crippen LogP contribution is 2.32. The van der Waals surface area contributed by atoms with E-state index in [0.717, 1.165) is 5.75 Å². The van der Waals surface area contributed by atoms with Crippen LogP contribution in [0.15, 0.2) is 24.3 Å². The van der Waals surface area contributed by atoms with Crippen molar-refractivity contribution in [2.24, 2.45) is 0 Å². The molecule has 1 aromatic carbocycles. The van der Waals surface area contributed by atoms with Crippen LogP contribution in [0.5, 0.6) is 5.75 Å². The van der Waals surface area contributed by atoms with E-state index in [-0.39, 0.29) is 0 Å². The normalized spacial score (nSPS) is 14.5. The lowest BCUT2D eigenvalue weighted by Crippen LogP contribution is -1.98. The number of allylic oxidation sites excluding steroid dienone is 1. The Balaban J connectivity index is 2.22. The Morgan fingerprint density at radius 1 is 1.27 bits per heavy atom. The number of fused-ring (bicyclic) bond motifs is 1. The molecule has 0 unspecified atom stereocenters. The Hall–Kier alpha value is -1.24. The van der Waals surface area contributed by atoms with E-state index in [1.807, 2.05) is 19.1 Å². The molecule has 1 aliphatic carbocycles. The molecule has 0 aromatic heterocycles. The summed E-state index contributed by atoms with van der Waals surface area (Å²) >= 11 is 0. The zero-order chi connectivity index (χ0) is 10.7. The van der Waals surface area contributed by atoms with Crippen molar-refractivity contribution >= 4 is 0 Å². The second kappa shape index (κ2) is 4.52. The zero-order valence-corrected chi connectivity index (χ0v) is 9.55. The van der Waals surface area contributed by atoms with E-state index >= 15 is 0 Å². The predicted octanol–water partition coefficient (Wildman–Crippen LogP) is 3.44. The van der Waals surface area contributed by atoms with E-state index in [4.69, 9.17) is 4.74 Å². The van der Waals surface area contributed by atoms with Gasteiger partial charge in [-0.25, -0.2) is 0 Å². The molecule has 1 heteroatoms. The van der Waals surface area contributed by atoms with Crippen LogP contribution >= 0.6 is 0 Å². The third-order valence-corrected chi connectivity index (χ3v) is 3.05. The van der Waals surface area contributed by atoms with Crippen LogP contribution in [0.2, 0.25) is 0 Å². The number of aryl methyl sites for hydroxylation is 1. The molecule has 0 atom stereocenters. The van der Waals surface area contributed by atoms with Gasteiger partial charge in [-0.3, -0.25) is 0 Å². The van der Waals surface area contributed by atoms with Crippen LogP contribution in [0.25, 0.3) is 0 Å². The van der Waals surface area contributed by atoms with Gasteiger partial charge in [0.25, 0.3) is 0 Å². The maximum Gasteiger partial charge on any atom is 0.123 e. The summed E-state index contributed by atoms with van der Waals surface area (Å²) in [6.45, 7) is 4.90. The molecule has 80 valence electrons. The Bertz CT molecular complexity index is 377. The van der Waals surface area contributed by atoms with E-state index < -0.39 is 0 Å². The summed E-state index contributed by atoms with van der Waals surface area (Å²) < 4.78 is 5.76. The summed E-state index contributed by atoms with van der Waals surface area (Å²) in [6.07, 6.45) is 7.75. The van der Waals surface area contributed by atoms with Crippen molar-refractivity contribution in [3.8, 4) is 5.75 Å². The molecule has 2 rings (SSSR count). The van der Waals surface area contributed by atoms with Gasteiger partial charge in [0.2, 0.25) is 0 Å². The molecule has 0 radical (unpaired) electrons. The van der Waals surface area contributed by atoms with Gasteiger partial charge in [-0.15, -0.1) is 0 Å². The smallest absolute Gasteiger partial charge is 0.123 e. The van der Waals surface area contributed by atoms with Crippen molar-refractivity contribution in [3.05, 3.63) is 41.0 Å². The SMILES string of the molecule is C/C=C/COc1ccc(C)c2c1CCC2. The van der Waals surface area contributed by atoms with E-state index in [0.29, 0.717) is 6.61 Å². The first-order chi connectivity index (χ1) is 7.33. The summed E-state index contributed by atoms with van der Waals surface area (Å²) in [5.74, 6) is 1.09. The average Bonchev–Trinajstić information content (AvgIpc) is 2.71. The zero-order valence-electron chi connectivity index (χ0n) is 9.55. The summed E-state index contributed by atoms with van der Waals surface area (Å²) in [7, 11) is 0. The third-order valence-electron chi connectivity index (χ3n) is 3.05.